The fourth-order valence-corrected chi connectivity index (χ4v) is 0.637. The molecule has 5 heteroatoms. The maximum Gasteiger partial charge on any atom is 0.0892 e. The van der Waals surface area contributed by atoms with E-state index < -0.39 is 0 Å². The van der Waals surface area contributed by atoms with Gasteiger partial charge in [-0.15, -0.1) is 12.4 Å². The third-order valence-electron chi connectivity index (χ3n) is 1.17. The average Bonchev–Trinajstić information content (AvgIpc) is 1.96. The molecule has 0 saturated carbocycles. The van der Waals surface area contributed by atoms with Gasteiger partial charge in [-0.25, -0.2) is 9.98 Å². The van der Waals surface area contributed by atoms with Crippen LogP contribution in [0.2, 0.25) is 0 Å². The summed E-state index contributed by atoms with van der Waals surface area (Å²) in [7, 11) is 4.12. The molecule has 0 atom stereocenters. The Morgan fingerprint density at radius 3 is 2.31 bits per heavy atom. The fraction of sp³-hybridized carbons (Fsp3) is 0.875. The molecule has 0 aromatic heterocycles. The van der Waals surface area contributed by atoms with Crippen LogP contribution in [-0.4, -0.2) is 44.6 Å². The van der Waals surface area contributed by atoms with E-state index in [0.29, 0.717) is 0 Å². The number of hydrogen-bond donors (Lipinski definition) is 0. The molecule has 83 valence electrons. The largest absolute Gasteiger partial charge is 0.309 e. The minimum atomic E-state index is 0. The van der Waals surface area contributed by atoms with Gasteiger partial charge in [0.1, 0.15) is 0 Å². The zero-order valence-electron chi connectivity index (χ0n) is 8.38. The Morgan fingerprint density at radius 2 is 1.85 bits per heavy atom. The number of hydrogen-bond acceptors (Lipinski definition) is 3. The van der Waals surface area contributed by atoms with Crippen LogP contribution in [0.1, 0.15) is 13.3 Å². The quantitative estimate of drug-likeness (QED) is 0.430. The molecule has 0 unspecified atom stereocenters. The Balaban J connectivity index is -0.000000500. The molecular weight excluding hydrogens is 281 g/mol. The Kier molecular flexibility index (Phi) is 21.8. The van der Waals surface area contributed by atoms with Gasteiger partial charge in [0.25, 0.3) is 0 Å². The van der Waals surface area contributed by atoms with E-state index in [1.165, 1.54) is 0 Å². The second-order valence-corrected chi connectivity index (χ2v) is 2.61. The molecule has 0 aromatic rings. The molecule has 0 aliphatic heterocycles. The molecular formula is C8H18AgClN3. The second kappa shape index (κ2) is 14.9. The van der Waals surface area contributed by atoms with Gasteiger partial charge in [0.05, 0.1) is 12.6 Å². The minimum absolute atomic E-state index is 0. The predicted octanol–water partition coefficient (Wildman–Crippen LogP) is 1.55. The van der Waals surface area contributed by atoms with Crippen molar-refractivity contribution < 1.29 is 22.4 Å². The molecule has 0 rings (SSSR count). The van der Waals surface area contributed by atoms with Crippen LogP contribution < -0.4 is 0 Å². The standard InChI is InChI=1S/C8H17N3.Ag.ClH/c1-4-9-8-10-6-5-7-11(2)3;;/h4-7H2,1-3H3;;1H. The van der Waals surface area contributed by atoms with Gasteiger partial charge in [-0.05, 0) is 34.0 Å². The van der Waals surface area contributed by atoms with Crippen LogP contribution in [-0.2, 0) is 22.4 Å². The molecule has 0 aliphatic carbocycles. The average molecular weight is 300 g/mol. The van der Waals surface area contributed by atoms with E-state index in [2.05, 4.69) is 35.0 Å². The van der Waals surface area contributed by atoms with Crippen LogP contribution in [0.25, 0.3) is 0 Å². The Hall–Kier alpha value is 0.370. The molecule has 0 saturated heterocycles. The summed E-state index contributed by atoms with van der Waals surface area (Å²) >= 11 is 0. The number of nitrogens with zero attached hydrogens (tertiary/aromatic N) is 3. The maximum absolute atomic E-state index is 3.99. The van der Waals surface area contributed by atoms with E-state index in [1.807, 2.05) is 6.92 Å². The van der Waals surface area contributed by atoms with Crippen molar-refractivity contribution in [3.63, 3.8) is 0 Å². The first-order valence-corrected chi connectivity index (χ1v) is 4.00. The first-order chi connectivity index (χ1) is 5.27. The van der Waals surface area contributed by atoms with E-state index in [1.54, 1.807) is 0 Å². The van der Waals surface area contributed by atoms with Crippen molar-refractivity contribution in [2.45, 2.75) is 13.3 Å². The molecule has 0 bridgehead atoms. The van der Waals surface area contributed by atoms with Crippen molar-refractivity contribution >= 4 is 18.4 Å². The summed E-state index contributed by atoms with van der Waals surface area (Å²) in [6.07, 6.45) is 1.08. The number of aliphatic imine (C=N–C) groups is 2. The first kappa shape index (κ1) is 19.0. The van der Waals surface area contributed by atoms with Gasteiger partial charge < -0.3 is 4.90 Å². The van der Waals surface area contributed by atoms with E-state index in [0.717, 1.165) is 26.1 Å². The Labute approximate surface area is 103 Å². The Morgan fingerprint density at radius 1 is 1.23 bits per heavy atom. The SMILES string of the molecule is CCN=C=NCCCN(C)C.Cl.[Ag]. The summed E-state index contributed by atoms with van der Waals surface area (Å²) in [4.78, 5) is 9.99. The summed E-state index contributed by atoms with van der Waals surface area (Å²) in [5.74, 6) is 0. The van der Waals surface area contributed by atoms with E-state index >= 15 is 0 Å². The molecule has 1 radical (unpaired) electrons. The molecule has 0 amide bonds. The van der Waals surface area contributed by atoms with Crippen molar-refractivity contribution in [3.05, 3.63) is 0 Å². The van der Waals surface area contributed by atoms with Crippen LogP contribution in [0.15, 0.2) is 9.98 Å². The van der Waals surface area contributed by atoms with Crippen LogP contribution in [0.4, 0.5) is 0 Å². The van der Waals surface area contributed by atoms with E-state index in [-0.39, 0.29) is 34.8 Å². The van der Waals surface area contributed by atoms with Crippen molar-refractivity contribution in [2.24, 2.45) is 9.98 Å². The molecule has 0 spiro atoms. The van der Waals surface area contributed by atoms with Crippen LogP contribution >= 0.6 is 12.4 Å². The molecule has 13 heavy (non-hydrogen) atoms. The molecule has 0 aromatic carbocycles. The Bertz CT molecular complexity index is 144. The van der Waals surface area contributed by atoms with Crippen LogP contribution in [0, 0.1) is 0 Å². The van der Waals surface area contributed by atoms with Crippen LogP contribution in [0.5, 0.6) is 0 Å². The van der Waals surface area contributed by atoms with E-state index in [9.17, 15) is 0 Å². The van der Waals surface area contributed by atoms with Gasteiger partial charge >= 0.3 is 0 Å². The summed E-state index contributed by atoms with van der Waals surface area (Å²) in [5, 5.41) is 0. The second-order valence-electron chi connectivity index (χ2n) is 2.61. The van der Waals surface area contributed by atoms with Gasteiger partial charge in [-0.1, -0.05) is 0 Å². The van der Waals surface area contributed by atoms with E-state index in [4.69, 9.17) is 0 Å². The predicted molar refractivity (Wildman–Crippen MR) is 55.7 cm³/mol. The normalized spacial score (nSPS) is 8.00. The first-order valence-electron chi connectivity index (χ1n) is 4.00. The summed E-state index contributed by atoms with van der Waals surface area (Å²) in [6.45, 7) is 4.67. The van der Waals surface area contributed by atoms with Gasteiger partial charge in [0, 0.05) is 28.9 Å². The van der Waals surface area contributed by atoms with Crippen molar-refractivity contribution in [2.75, 3.05) is 33.7 Å². The number of halogens is 1. The fourth-order valence-electron chi connectivity index (χ4n) is 0.637. The third-order valence-corrected chi connectivity index (χ3v) is 1.17. The smallest absolute Gasteiger partial charge is 0.0892 e. The van der Waals surface area contributed by atoms with Gasteiger partial charge in [0.15, 0.2) is 0 Å². The zero-order chi connectivity index (χ0) is 8.53. The minimum Gasteiger partial charge on any atom is -0.309 e. The molecule has 0 heterocycles. The molecule has 3 nitrogen and oxygen atoms in total. The monoisotopic (exact) mass is 298 g/mol. The van der Waals surface area contributed by atoms with Gasteiger partial charge in [-0.2, -0.15) is 0 Å². The van der Waals surface area contributed by atoms with Gasteiger partial charge in [-0.3, -0.25) is 0 Å². The van der Waals surface area contributed by atoms with Crippen molar-refractivity contribution in [1.82, 2.24) is 4.90 Å². The summed E-state index contributed by atoms with van der Waals surface area (Å²) < 4.78 is 0. The maximum atomic E-state index is 3.99. The molecule has 0 N–H and O–H groups in total. The topological polar surface area (TPSA) is 28.0 Å². The molecule has 0 fully saturated rings. The third kappa shape index (κ3) is 19.0. The van der Waals surface area contributed by atoms with Gasteiger partial charge in [0.2, 0.25) is 0 Å². The summed E-state index contributed by atoms with van der Waals surface area (Å²) in [5.41, 5.74) is 0. The van der Waals surface area contributed by atoms with Crippen LogP contribution in [0.3, 0.4) is 0 Å². The van der Waals surface area contributed by atoms with Crippen molar-refractivity contribution in [3.8, 4) is 0 Å². The number of rotatable bonds is 5. The molecule has 0 aliphatic rings. The summed E-state index contributed by atoms with van der Waals surface area (Å²) in [6, 6.07) is 2.64. The van der Waals surface area contributed by atoms with Crippen molar-refractivity contribution in [1.29, 1.82) is 0 Å². The zero-order valence-corrected chi connectivity index (χ0v) is 10.7.